The van der Waals surface area contributed by atoms with Crippen LogP contribution in [0.2, 0.25) is 0 Å². The molecule has 0 spiro atoms. The molecule has 0 aliphatic carbocycles. The molecule has 3 nitrogen and oxygen atoms in total. The van der Waals surface area contributed by atoms with Crippen molar-refractivity contribution in [1.29, 1.82) is 0 Å². The minimum Gasteiger partial charge on any atom is -0.208 e. The Morgan fingerprint density at radius 2 is 0.645 bits per heavy atom. The van der Waals surface area contributed by atoms with Crippen molar-refractivity contribution < 1.29 is 0 Å². The summed E-state index contributed by atoms with van der Waals surface area (Å²) in [5.41, 5.74) is 7.31. The van der Waals surface area contributed by atoms with Gasteiger partial charge in [0.05, 0.1) is 0 Å². The molecule has 0 aliphatic heterocycles. The average molecular weight is 786 g/mol. The maximum absolute atomic E-state index is 5.25. The fourth-order valence-electron chi connectivity index (χ4n) is 9.99. The summed E-state index contributed by atoms with van der Waals surface area (Å²) in [6.07, 6.45) is 0. The summed E-state index contributed by atoms with van der Waals surface area (Å²) in [5.74, 6) is 1.91. The van der Waals surface area contributed by atoms with Gasteiger partial charge < -0.3 is 0 Å². The van der Waals surface area contributed by atoms with E-state index in [1.54, 1.807) is 0 Å². The Kier molecular flexibility index (Phi) is 7.60. The summed E-state index contributed by atoms with van der Waals surface area (Å²) < 4.78 is 0. The monoisotopic (exact) mass is 785 g/mol. The van der Waals surface area contributed by atoms with Crippen LogP contribution in [0.3, 0.4) is 0 Å². The zero-order valence-electron chi connectivity index (χ0n) is 33.5. The highest BCUT2D eigenvalue weighted by atomic mass is 15.0. The molecule has 0 N–H and O–H groups in total. The van der Waals surface area contributed by atoms with Crippen LogP contribution in [0.15, 0.2) is 212 Å². The van der Waals surface area contributed by atoms with Gasteiger partial charge in [-0.1, -0.05) is 194 Å². The van der Waals surface area contributed by atoms with E-state index in [9.17, 15) is 0 Å². The van der Waals surface area contributed by atoms with Crippen LogP contribution in [0.25, 0.3) is 132 Å². The molecule has 0 saturated carbocycles. The fraction of sp³-hybridized carbons (Fsp3) is 0. The maximum Gasteiger partial charge on any atom is 0.164 e. The molecule has 13 aromatic rings. The van der Waals surface area contributed by atoms with E-state index in [2.05, 4.69) is 194 Å². The van der Waals surface area contributed by atoms with E-state index in [0.29, 0.717) is 17.5 Å². The van der Waals surface area contributed by atoms with Crippen molar-refractivity contribution in [3.05, 3.63) is 212 Å². The van der Waals surface area contributed by atoms with Crippen molar-refractivity contribution >= 4 is 75.4 Å². The third-order valence-electron chi connectivity index (χ3n) is 12.8. The van der Waals surface area contributed by atoms with Crippen LogP contribution in [-0.4, -0.2) is 15.0 Å². The van der Waals surface area contributed by atoms with Crippen molar-refractivity contribution in [2.24, 2.45) is 0 Å². The van der Waals surface area contributed by atoms with Gasteiger partial charge in [-0.15, -0.1) is 0 Å². The third-order valence-corrected chi connectivity index (χ3v) is 12.8. The molecular weight excluding hydrogens is 751 g/mol. The second-order valence-corrected chi connectivity index (χ2v) is 16.3. The maximum atomic E-state index is 5.25. The lowest BCUT2D eigenvalue weighted by Crippen LogP contribution is -2.01. The SMILES string of the molecule is c1ccc(-c2nc(-c3ccc4ccccc4c3)nc(-c3ccccc3-c3ccccc3-c3cc4ccc5cccc6c7cccc8ccc9cccc(c(c3)c4c56)c9c87)n2)cc1. The molecule has 0 unspecified atom stereocenters. The first kappa shape index (κ1) is 34.6. The summed E-state index contributed by atoms with van der Waals surface area (Å²) in [7, 11) is 0. The largest absolute Gasteiger partial charge is 0.208 e. The van der Waals surface area contributed by atoms with Crippen LogP contribution in [0, 0.1) is 0 Å². The summed E-state index contributed by atoms with van der Waals surface area (Å²) in [6, 6.07) is 76.7. The standard InChI is InChI=1S/C59H35N3/c1-2-14-40(15-3-1)57-60-58(43-32-27-36-13-4-5-16-41(36)33-43)62-59(61-57)51-23-9-8-22-47(51)46-21-7-6-20-45(46)44-34-42-31-30-39-18-11-25-49-48-24-10-17-37-28-29-38-19-12-26-50(55(38)53(37)48)52(35-44)56(42)54(39)49/h1-35H. The molecule has 0 saturated heterocycles. The molecule has 286 valence electrons. The van der Waals surface area contributed by atoms with Crippen LogP contribution < -0.4 is 0 Å². The fourth-order valence-corrected chi connectivity index (χ4v) is 9.99. The Morgan fingerprint density at radius 3 is 1.31 bits per heavy atom. The van der Waals surface area contributed by atoms with E-state index < -0.39 is 0 Å². The van der Waals surface area contributed by atoms with Crippen LogP contribution in [0.4, 0.5) is 0 Å². The molecule has 3 heteroatoms. The molecule has 0 aliphatic rings. The van der Waals surface area contributed by atoms with Crippen molar-refractivity contribution in [3.8, 4) is 56.4 Å². The zero-order valence-corrected chi connectivity index (χ0v) is 33.5. The predicted octanol–water partition coefficient (Wildman–Crippen LogP) is 15.7. The summed E-state index contributed by atoms with van der Waals surface area (Å²) in [4.78, 5) is 15.5. The lowest BCUT2D eigenvalue weighted by Gasteiger charge is -2.18. The van der Waals surface area contributed by atoms with Crippen molar-refractivity contribution in [1.82, 2.24) is 15.0 Å². The Labute approximate surface area is 357 Å². The number of hydrogen-bond donors (Lipinski definition) is 0. The van der Waals surface area contributed by atoms with Gasteiger partial charge in [0.25, 0.3) is 0 Å². The van der Waals surface area contributed by atoms with E-state index >= 15 is 0 Å². The minimum absolute atomic E-state index is 0.631. The van der Waals surface area contributed by atoms with Gasteiger partial charge in [0.1, 0.15) is 0 Å². The predicted molar refractivity (Wildman–Crippen MR) is 261 cm³/mol. The molecule has 62 heavy (non-hydrogen) atoms. The van der Waals surface area contributed by atoms with E-state index in [0.717, 1.165) is 44.3 Å². The van der Waals surface area contributed by atoms with Gasteiger partial charge in [0, 0.05) is 16.7 Å². The Balaban J connectivity index is 1.07. The van der Waals surface area contributed by atoms with E-state index in [4.69, 9.17) is 15.0 Å². The van der Waals surface area contributed by atoms with Gasteiger partial charge in [-0.05, 0) is 116 Å². The van der Waals surface area contributed by atoms with E-state index in [-0.39, 0.29) is 0 Å². The molecule has 0 radical (unpaired) electrons. The lowest BCUT2D eigenvalue weighted by molar-refractivity contribution is 1.07. The normalized spacial score (nSPS) is 11.9. The Morgan fingerprint density at radius 1 is 0.210 bits per heavy atom. The quantitative estimate of drug-likeness (QED) is 0.163. The van der Waals surface area contributed by atoms with Gasteiger partial charge in [-0.25, -0.2) is 15.0 Å². The Bertz CT molecular complexity index is 3920. The van der Waals surface area contributed by atoms with E-state index in [1.165, 1.54) is 70.0 Å². The first-order valence-corrected chi connectivity index (χ1v) is 21.2. The molecule has 1 heterocycles. The Hall–Kier alpha value is -8.27. The van der Waals surface area contributed by atoms with Gasteiger partial charge >= 0.3 is 0 Å². The summed E-state index contributed by atoms with van der Waals surface area (Å²) >= 11 is 0. The first-order valence-electron chi connectivity index (χ1n) is 21.2. The van der Waals surface area contributed by atoms with Crippen molar-refractivity contribution in [2.75, 3.05) is 0 Å². The molecule has 0 fully saturated rings. The zero-order chi connectivity index (χ0) is 40.7. The first-order chi connectivity index (χ1) is 30.7. The van der Waals surface area contributed by atoms with Crippen LogP contribution >= 0.6 is 0 Å². The molecule has 0 amide bonds. The lowest BCUT2D eigenvalue weighted by atomic mass is 9.85. The number of fused-ring (bicyclic) bond motifs is 3. The molecule has 1 aromatic heterocycles. The number of rotatable bonds is 5. The number of nitrogens with zero attached hydrogens (tertiary/aromatic N) is 3. The van der Waals surface area contributed by atoms with Gasteiger partial charge in [0.15, 0.2) is 17.5 Å². The summed E-state index contributed by atoms with van der Waals surface area (Å²) in [6.45, 7) is 0. The molecule has 0 bridgehead atoms. The van der Waals surface area contributed by atoms with Crippen LogP contribution in [-0.2, 0) is 0 Å². The van der Waals surface area contributed by atoms with Crippen molar-refractivity contribution in [2.45, 2.75) is 0 Å². The van der Waals surface area contributed by atoms with E-state index in [1.807, 2.05) is 18.2 Å². The number of aromatic nitrogens is 3. The summed E-state index contributed by atoms with van der Waals surface area (Å²) in [5, 5.41) is 17.6. The number of benzene rings is 11. The van der Waals surface area contributed by atoms with Gasteiger partial charge in [0.2, 0.25) is 0 Å². The topological polar surface area (TPSA) is 38.7 Å². The minimum atomic E-state index is 0.631. The molecule has 13 rings (SSSR count). The highest BCUT2D eigenvalue weighted by molar-refractivity contribution is 6.37. The van der Waals surface area contributed by atoms with Crippen LogP contribution in [0.5, 0.6) is 0 Å². The smallest absolute Gasteiger partial charge is 0.164 e. The number of hydrogen-bond acceptors (Lipinski definition) is 3. The van der Waals surface area contributed by atoms with Crippen LogP contribution in [0.1, 0.15) is 0 Å². The van der Waals surface area contributed by atoms with Gasteiger partial charge in [-0.3, -0.25) is 0 Å². The molecule has 12 aromatic carbocycles. The third kappa shape index (κ3) is 5.35. The highest BCUT2D eigenvalue weighted by Gasteiger charge is 2.20. The molecular formula is C59H35N3. The highest BCUT2D eigenvalue weighted by Crippen LogP contribution is 2.46. The molecule has 0 atom stereocenters. The second-order valence-electron chi connectivity index (χ2n) is 16.3. The van der Waals surface area contributed by atoms with Gasteiger partial charge in [-0.2, -0.15) is 0 Å². The average Bonchev–Trinajstić information content (AvgIpc) is 3.35. The second kappa shape index (κ2) is 13.6. The van der Waals surface area contributed by atoms with Crippen molar-refractivity contribution in [3.63, 3.8) is 0 Å².